The second-order valence-electron chi connectivity index (χ2n) is 7.40. The predicted molar refractivity (Wildman–Crippen MR) is 84.0 cm³/mol. The van der Waals surface area contributed by atoms with Gasteiger partial charge in [0.25, 0.3) is 0 Å². The van der Waals surface area contributed by atoms with Crippen LogP contribution in [0.5, 0.6) is 0 Å². The fraction of sp³-hybridized carbons (Fsp3) is 0.765. The monoisotopic (exact) mass is 322 g/mol. The first kappa shape index (κ1) is 17.6. The van der Waals surface area contributed by atoms with Crippen molar-refractivity contribution in [2.45, 2.75) is 66.5 Å². The van der Waals surface area contributed by atoms with Crippen LogP contribution in [0.2, 0.25) is 0 Å². The molecule has 23 heavy (non-hydrogen) atoms. The minimum absolute atomic E-state index is 0.364. The van der Waals surface area contributed by atoms with Crippen LogP contribution in [-0.4, -0.2) is 45.5 Å². The second kappa shape index (κ2) is 5.73. The van der Waals surface area contributed by atoms with E-state index in [-0.39, 0.29) is 12.1 Å². The Morgan fingerprint density at radius 2 is 1.13 bits per heavy atom. The van der Waals surface area contributed by atoms with E-state index in [0.717, 1.165) is 9.80 Å². The quantitative estimate of drug-likeness (QED) is 0.582. The first-order valence-corrected chi connectivity index (χ1v) is 8.33. The van der Waals surface area contributed by atoms with Crippen LogP contribution in [0, 0.1) is 17.3 Å². The van der Waals surface area contributed by atoms with Gasteiger partial charge < -0.3 is 0 Å². The molecule has 0 N–H and O–H groups in total. The van der Waals surface area contributed by atoms with Gasteiger partial charge in [0.1, 0.15) is 11.8 Å². The van der Waals surface area contributed by atoms with Gasteiger partial charge in [-0.05, 0) is 34.1 Å². The fourth-order valence-electron chi connectivity index (χ4n) is 4.13. The molecule has 4 amide bonds. The van der Waals surface area contributed by atoms with Crippen molar-refractivity contribution in [3.05, 3.63) is 0 Å². The van der Waals surface area contributed by atoms with Gasteiger partial charge in [-0.3, -0.25) is 29.0 Å². The number of amides is 4. The summed E-state index contributed by atoms with van der Waals surface area (Å²) >= 11 is 0. The highest BCUT2D eigenvalue weighted by atomic mass is 16.2. The van der Waals surface area contributed by atoms with Crippen LogP contribution >= 0.6 is 0 Å². The third kappa shape index (κ3) is 2.30. The molecule has 6 heteroatoms. The minimum atomic E-state index is -0.951. The van der Waals surface area contributed by atoms with Crippen molar-refractivity contribution in [3.8, 4) is 0 Å². The molecule has 0 saturated carbocycles. The lowest BCUT2D eigenvalue weighted by atomic mass is 9.58. The van der Waals surface area contributed by atoms with Crippen molar-refractivity contribution in [2.24, 2.45) is 17.3 Å². The average Bonchev–Trinajstić information content (AvgIpc) is 2.35. The predicted octanol–water partition coefficient (Wildman–Crippen LogP) is 1.58. The molecule has 2 fully saturated rings. The molecule has 0 aliphatic carbocycles. The number of piperidine rings is 2. The van der Waals surface area contributed by atoms with Gasteiger partial charge >= 0.3 is 0 Å². The normalized spacial score (nSPS) is 31.7. The van der Waals surface area contributed by atoms with E-state index < -0.39 is 40.9 Å². The molecule has 128 valence electrons. The first-order chi connectivity index (χ1) is 10.6. The van der Waals surface area contributed by atoms with E-state index in [9.17, 15) is 19.2 Å². The number of hydrogen-bond donors (Lipinski definition) is 0. The van der Waals surface area contributed by atoms with Gasteiger partial charge in [-0.25, -0.2) is 0 Å². The summed E-state index contributed by atoms with van der Waals surface area (Å²) in [5.74, 6) is -3.73. The Labute approximate surface area is 137 Å². The zero-order valence-electron chi connectivity index (χ0n) is 14.8. The smallest absolute Gasteiger partial charge is 0.242 e. The summed E-state index contributed by atoms with van der Waals surface area (Å²) in [4.78, 5) is 53.9. The van der Waals surface area contributed by atoms with Crippen LogP contribution in [0.3, 0.4) is 0 Å². The lowest BCUT2D eigenvalue weighted by molar-refractivity contribution is -0.188. The van der Waals surface area contributed by atoms with Gasteiger partial charge in [-0.2, -0.15) is 0 Å². The average molecular weight is 322 g/mol. The van der Waals surface area contributed by atoms with Crippen molar-refractivity contribution < 1.29 is 19.2 Å². The number of fused-ring (bicyclic) bond motifs is 2. The summed E-state index contributed by atoms with van der Waals surface area (Å²) in [6.45, 7) is 10.6. The molecule has 2 aliphatic rings. The van der Waals surface area contributed by atoms with E-state index in [1.165, 1.54) is 0 Å². The maximum absolute atomic E-state index is 12.9. The first-order valence-electron chi connectivity index (χ1n) is 8.33. The van der Waals surface area contributed by atoms with E-state index in [4.69, 9.17) is 0 Å². The van der Waals surface area contributed by atoms with E-state index >= 15 is 0 Å². The van der Waals surface area contributed by atoms with Gasteiger partial charge in [0.05, 0.1) is 0 Å². The number of carbonyl (C=O) groups excluding carboxylic acids is 4. The molecule has 0 spiro atoms. The molecular weight excluding hydrogens is 296 g/mol. The Morgan fingerprint density at radius 3 is 1.35 bits per heavy atom. The molecule has 6 nitrogen and oxygen atoms in total. The van der Waals surface area contributed by atoms with Crippen molar-refractivity contribution in [2.75, 3.05) is 0 Å². The molecule has 0 atom stereocenters. The van der Waals surface area contributed by atoms with Crippen molar-refractivity contribution in [1.82, 2.24) is 9.80 Å². The number of nitrogens with zero attached hydrogens (tertiary/aromatic N) is 2. The maximum Gasteiger partial charge on any atom is 0.242 e. The highest BCUT2D eigenvalue weighted by Crippen LogP contribution is 2.50. The van der Waals surface area contributed by atoms with Crippen LogP contribution in [0.4, 0.5) is 0 Å². The largest absolute Gasteiger partial charge is 0.279 e. The summed E-state index contributed by atoms with van der Waals surface area (Å²) in [7, 11) is 0. The summed E-state index contributed by atoms with van der Waals surface area (Å²) in [6.07, 6.45) is 1.20. The van der Waals surface area contributed by atoms with Crippen LogP contribution < -0.4 is 0 Å². The summed E-state index contributed by atoms with van der Waals surface area (Å²) < 4.78 is 0. The van der Waals surface area contributed by atoms with E-state index in [1.807, 2.05) is 6.92 Å². The summed E-state index contributed by atoms with van der Waals surface area (Å²) in [5.41, 5.74) is -0.923. The molecule has 2 bridgehead atoms. The van der Waals surface area contributed by atoms with Crippen molar-refractivity contribution >= 4 is 23.6 Å². The fourth-order valence-corrected chi connectivity index (χ4v) is 4.13. The lowest BCUT2D eigenvalue weighted by Gasteiger charge is -2.54. The van der Waals surface area contributed by atoms with Gasteiger partial charge in [-0.1, -0.05) is 20.3 Å². The molecule has 0 aromatic carbocycles. The van der Waals surface area contributed by atoms with Gasteiger partial charge in [0.2, 0.25) is 23.6 Å². The number of hydrogen-bond acceptors (Lipinski definition) is 4. The molecular formula is C17H26N2O4. The van der Waals surface area contributed by atoms with Crippen LogP contribution in [0.15, 0.2) is 0 Å². The molecule has 0 unspecified atom stereocenters. The molecule has 0 radical (unpaired) electrons. The number of likely N-dealkylation sites (tertiary alicyclic amines) is 2. The molecule has 2 saturated heterocycles. The standard InChI is InChI=1S/C17H26N2O4/c1-7-8-17(6)11-13(20)18(9(2)3)14(21)12(17)16(23)19(10(4)5)15(11)22/h9-12H,7-8H2,1-6H3. The van der Waals surface area contributed by atoms with Crippen LogP contribution in [0.25, 0.3) is 0 Å². The van der Waals surface area contributed by atoms with Gasteiger partial charge in [-0.15, -0.1) is 0 Å². The van der Waals surface area contributed by atoms with E-state index in [2.05, 4.69) is 0 Å². The zero-order valence-corrected chi connectivity index (χ0v) is 14.8. The van der Waals surface area contributed by atoms with Crippen molar-refractivity contribution in [3.63, 3.8) is 0 Å². The number of rotatable bonds is 4. The SMILES string of the molecule is CCCC1(C)C2C(=O)N(C(C)C)C(=O)C1C(=O)N(C(C)C)C2=O. The molecule has 2 aliphatic heterocycles. The molecule has 2 heterocycles. The lowest BCUT2D eigenvalue weighted by Crippen LogP contribution is -2.72. The van der Waals surface area contributed by atoms with Gasteiger partial charge in [0, 0.05) is 17.5 Å². The van der Waals surface area contributed by atoms with Crippen LogP contribution in [0.1, 0.15) is 54.4 Å². The number of carbonyl (C=O) groups is 4. The minimum Gasteiger partial charge on any atom is -0.279 e. The topological polar surface area (TPSA) is 74.8 Å². The highest BCUT2D eigenvalue weighted by Gasteiger charge is 2.66. The Kier molecular flexibility index (Phi) is 4.39. The highest BCUT2D eigenvalue weighted by molar-refractivity contribution is 6.22. The Balaban J connectivity index is 2.65. The summed E-state index contributed by atoms with van der Waals surface area (Å²) in [5, 5.41) is 0. The Morgan fingerprint density at radius 1 is 0.826 bits per heavy atom. The maximum atomic E-state index is 12.9. The zero-order chi connectivity index (χ0) is 17.7. The third-order valence-electron chi connectivity index (χ3n) is 5.08. The van der Waals surface area contributed by atoms with Gasteiger partial charge in [0.15, 0.2) is 0 Å². The number of imide groups is 2. The Hall–Kier alpha value is -1.72. The van der Waals surface area contributed by atoms with E-state index in [0.29, 0.717) is 12.8 Å². The summed E-state index contributed by atoms with van der Waals surface area (Å²) in [6, 6.07) is -0.727. The Bertz CT molecular complexity index is 491. The van der Waals surface area contributed by atoms with E-state index in [1.54, 1.807) is 34.6 Å². The third-order valence-corrected chi connectivity index (χ3v) is 5.08. The molecule has 0 aromatic heterocycles. The molecule has 0 aromatic rings. The van der Waals surface area contributed by atoms with Crippen LogP contribution in [-0.2, 0) is 19.2 Å². The molecule has 2 rings (SSSR count). The second-order valence-corrected chi connectivity index (χ2v) is 7.40. The van der Waals surface area contributed by atoms with Crippen molar-refractivity contribution in [1.29, 1.82) is 0 Å².